The van der Waals surface area contributed by atoms with Crippen molar-refractivity contribution in [2.75, 3.05) is 31.3 Å². The first-order valence-corrected chi connectivity index (χ1v) is 8.66. The molecule has 0 unspecified atom stereocenters. The highest BCUT2D eigenvalue weighted by atomic mass is 16.5. The van der Waals surface area contributed by atoms with E-state index in [2.05, 4.69) is 45.1 Å². The molecule has 6 nitrogen and oxygen atoms in total. The van der Waals surface area contributed by atoms with Crippen molar-refractivity contribution in [1.82, 2.24) is 14.5 Å². The monoisotopic (exact) mass is 337 g/mol. The minimum atomic E-state index is 0.764. The van der Waals surface area contributed by atoms with Crippen molar-refractivity contribution in [2.45, 2.75) is 13.3 Å². The van der Waals surface area contributed by atoms with E-state index in [1.807, 2.05) is 31.2 Å². The van der Waals surface area contributed by atoms with Crippen molar-refractivity contribution in [3.63, 3.8) is 0 Å². The smallest absolute Gasteiger partial charge is 0.129 e. The summed E-state index contributed by atoms with van der Waals surface area (Å²) in [5.41, 5.74) is 4.24. The van der Waals surface area contributed by atoms with Crippen LogP contribution in [0.15, 0.2) is 48.0 Å². The highest BCUT2D eigenvalue weighted by Crippen LogP contribution is 2.30. The van der Waals surface area contributed by atoms with Gasteiger partial charge in [-0.2, -0.15) is 5.10 Å². The highest BCUT2D eigenvalue weighted by molar-refractivity contribution is 5.93. The van der Waals surface area contributed by atoms with Crippen LogP contribution >= 0.6 is 0 Å². The molecular formula is C19H23N5O. The third kappa shape index (κ3) is 3.30. The van der Waals surface area contributed by atoms with Crippen molar-refractivity contribution in [3.8, 4) is 0 Å². The first-order chi connectivity index (χ1) is 12.2. The summed E-state index contributed by atoms with van der Waals surface area (Å²) in [7, 11) is 2.03. The van der Waals surface area contributed by atoms with Crippen LogP contribution < -0.4 is 5.01 Å². The van der Waals surface area contributed by atoms with Gasteiger partial charge in [0.2, 0.25) is 0 Å². The summed E-state index contributed by atoms with van der Waals surface area (Å²) in [5.74, 6) is 1.09. The number of morpholine rings is 1. The summed E-state index contributed by atoms with van der Waals surface area (Å²) < 4.78 is 7.53. The second-order valence-electron chi connectivity index (χ2n) is 6.44. The Labute approximate surface area is 148 Å². The number of hydrogen-bond acceptors (Lipinski definition) is 5. The van der Waals surface area contributed by atoms with Crippen LogP contribution in [0.5, 0.6) is 0 Å². The summed E-state index contributed by atoms with van der Waals surface area (Å²) in [6, 6.07) is 6.22. The SMILES string of the molecule is Cc1ccc(N2N=C(N3CCOCC3)CC=C2c2ccn(C)c2)cn1. The molecule has 25 heavy (non-hydrogen) atoms. The zero-order chi connectivity index (χ0) is 17.2. The zero-order valence-electron chi connectivity index (χ0n) is 14.7. The molecule has 0 radical (unpaired) electrons. The van der Waals surface area contributed by atoms with E-state index in [1.54, 1.807) is 0 Å². The molecule has 0 aromatic carbocycles. The van der Waals surface area contributed by atoms with Crippen LogP contribution in [-0.2, 0) is 11.8 Å². The van der Waals surface area contributed by atoms with Gasteiger partial charge in [-0.25, -0.2) is 5.01 Å². The molecule has 0 N–H and O–H groups in total. The van der Waals surface area contributed by atoms with Gasteiger partial charge in [-0.3, -0.25) is 4.98 Å². The van der Waals surface area contributed by atoms with Crippen LogP contribution in [0.1, 0.15) is 17.7 Å². The predicted molar refractivity (Wildman–Crippen MR) is 99.3 cm³/mol. The maximum Gasteiger partial charge on any atom is 0.129 e. The molecule has 0 saturated carbocycles. The van der Waals surface area contributed by atoms with E-state index in [9.17, 15) is 0 Å². The Morgan fingerprint density at radius 1 is 1.12 bits per heavy atom. The lowest BCUT2D eigenvalue weighted by molar-refractivity contribution is 0.0673. The van der Waals surface area contributed by atoms with Gasteiger partial charge in [0, 0.05) is 50.2 Å². The van der Waals surface area contributed by atoms with E-state index < -0.39 is 0 Å². The summed E-state index contributed by atoms with van der Waals surface area (Å²) in [6.07, 6.45) is 9.16. The molecule has 2 aliphatic heterocycles. The van der Waals surface area contributed by atoms with Crippen LogP contribution in [0, 0.1) is 6.92 Å². The molecule has 4 rings (SSSR count). The lowest BCUT2D eigenvalue weighted by atomic mass is 10.1. The van der Waals surface area contributed by atoms with Crippen molar-refractivity contribution >= 4 is 17.2 Å². The van der Waals surface area contributed by atoms with Crippen LogP contribution in [-0.4, -0.2) is 46.6 Å². The van der Waals surface area contributed by atoms with Gasteiger partial charge in [0.15, 0.2) is 0 Å². The number of ether oxygens (including phenoxy) is 1. The number of amidine groups is 1. The van der Waals surface area contributed by atoms with Gasteiger partial charge in [0.1, 0.15) is 5.84 Å². The predicted octanol–water partition coefficient (Wildman–Crippen LogP) is 2.63. The molecule has 1 fully saturated rings. The Morgan fingerprint density at radius 3 is 2.64 bits per heavy atom. The summed E-state index contributed by atoms with van der Waals surface area (Å²) in [5, 5.41) is 6.99. The van der Waals surface area contributed by atoms with E-state index in [0.29, 0.717) is 0 Å². The maximum atomic E-state index is 5.47. The fourth-order valence-corrected chi connectivity index (χ4v) is 3.18. The Hall–Kier alpha value is -2.60. The Balaban J connectivity index is 1.70. The zero-order valence-corrected chi connectivity index (χ0v) is 14.7. The quantitative estimate of drug-likeness (QED) is 0.845. The van der Waals surface area contributed by atoms with Crippen molar-refractivity contribution < 1.29 is 4.74 Å². The molecule has 0 aliphatic carbocycles. The van der Waals surface area contributed by atoms with Gasteiger partial charge in [0.25, 0.3) is 0 Å². The summed E-state index contributed by atoms with van der Waals surface area (Å²) >= 11 is 0. The van der Waals surface area contributed by atoms with Gasteiger partial charge in [-0.15, -0.1) is 0 Å². The molecule has 0 bridgehead atoms. The summed E-state index contributed by atoms with van der Waals surface area (Å²) in [4.78, 5) is 6.76. The van der Waals surface area contributed by atoms with Crippen LogP contribution in [0.25, 0.3) is 5.70 Å². The lowest BCUT2D eigenvalue weighted by Crippen LogP contribution is -2.42. The first-order valence-electron chi connectivity index (χ1n) is 8.66. The molecule has 0 spiro atoms. The fourth-order valence-electron chi connectivity index (χ4n) is 3.18. The fraction of sp³-hybridized carbons (Fsp3) is 0.368. The second-order valence-corrected chi connectivity index (χ2v) is 6.44. The summed E-state index contributed by atoms with van der Waals surface area (Å²) in [6.45, 7) is 5.32. The average molecular weight is 337 g/mol. The standard InChI is InChI=1S/C19H23N5O/c1-15-3-4-17(13-20-15)24-18(16-7-8-22(2)14-16)5-6-19(21-24)23-9-11-25-12-10-23/h3-5,7-8,13-14H,6,9-12H2,1-2H3. The van der Waals surface area contributed by atoms with E-state index in [0.717, 1.165) is 61.2 Å². The molecular weight excluding hydrogens is 314 g/mol. The van der Waals surface area contributed by atoms with Crippen LogP contribution in [0.3, 0.4) is 0 Å². The third-order valence-corrected chi connectivity index (χ3v) is 4.57. The Kier molecular flexibility index (Phi) is 4.28. The molecule has 2 aromatic heterocycles. The van der Waals surface area contributed by atoms with E-state index in [4.69, 9.17) is 9.84 Å². The second kappa shape index (κ2) is 6.72. The molecule has 0 amide bonds. The van der Waals surface area contributed by atoms with E-state index in [1.165, 1.54) is 0 Å². The van der Waals surface area contributed by atoms with Gasteiger partial charge in [-0.1, -0.05) is 6.08 Å². The molecule has 1 saturated heterocycles. The minimum absolute atomic E-state index is 0.764. The molecule has 6 heteroatoms. The first kappa shape index (κ1) is 15.9. The van der Waals surface area contributed by atoms with E-state index in [-0.39, 0.29) is 0 Å². The number of nitrogens with zero attached hydrogens (tertiary/aromatic N) is 5. The number of hydrogen-bond donors (Lipinski definition) is 0. The number of pyridine rings is 1. The highest BCUT2D eigenvalue weighted by Gasteiger charge is 2.23. The number of anilines is 1. The van der Waals surface area contributed by atoms with Crippen LogP contribution in [0.4, 0.5) is 5.69 Å². The maximum absolute atomic E-state index is 5.47. The number of rotatable bonds is 2. The molecule has 2 aromatic rings. The molecule has 130 valence electrons. The normalized spacial score (nSPS) is 18.2. The number of aromatic nitrogens is 2. The lowest BCUT2D eigenvalue weighted by Gasteiger charge is -2.34. The molecule has 4 heterocycles. The van der Waals surface area contributed by atoms with Crippen molar-refractivity contribution in [1.29, 1.82) is 0 Å². The number of aryl methyl sites for hydroxylation is 2. The van der Waals surface area contributed by atoms with Crippen molar-refractivity contribution in [2.24, 2.45) is 12.1 Å². The van der Waals surface area contributed by atoms with Gasteiger partial charge < -0.3 is 14.2 Å². The Morgan fingerprint density at radius 2 is 1.96 bits per heavy atom. The van der Waals surface area contributed by atoms with Gasteiger partial charge in [0.05, 0.1) is 30.8 Å². The van der Waals surface area contributed by atoms with Gasteiger partial charge in [-0.05, 0) is 25.1 Å². The van der Waals surface area contributed by atoms with Gasteiger partial charge >= 0.3 is 0 Å². The van der Waals surface area contributed by atoms with Crippen molar-refractivity contribution in [3.05, 3.63) is 54.1 Å². The molecule has 0 atom stereocenters. The average Bonchev–Trinajstić information content (AvgIpc) is 3.09. The van der Waals surface area contributed by atoms with E-state index >= 15 is 0 Å². The Bertz CT molecular complexity index is 799. The third-order valence-electron chi connectivity index (χ3n) is 4.57. The molecule has 2 aliphatic rings. The van der Waals surface area contributed by atoms with Crippen LogP contribution in [0.2, 0.25) is 0 Å². The number of hydrazone groups is 1. The minimum Gasteiger partial charge on any atom is -0.378 e. The topological polar surface area (TPSA) is 45.9 Å². The largest absolute Gasteiger partial charge is 0.378 e.